The molecule has 0 spiro atoms. The van der Waals surface area contributed by atoms with Crippen LogP contribution in [0.2, 0.25) is 0 Å². The van der Waals surface area contributed by atoms with E-state index in [0.717, 1.165) is 17.9 Å². The molecule has 0 atom stereocenters. The molecule has 0 saturated carbocycles. The van der Waals surface area contributed by atoms with E-state index in [1.165, 1.54) is 0 Å². The van der Waals surface area contributed by atoms with E-state index in [2.05, 4.69) is 4.98 Å². The second-order valence-electron chi connectivity index (χ2n) is 5.14. The zero-order chi connectivity index (χ0) is 17.7. The fourth-order valence-corrected chi connectivity index (χ4v) is 2.47. The molecule has 0 bridgehead atoms. The summed E-state index contributed by atoms with van der Waals surface area (Å²) in [6.45, 7) is 1.18. The lowest BCUT2D eigenvalue weighted by Gasteiger charge is -2.13. The van der Waals surface area contributed by atoms with Crippen molar-refractivity contribution in [3.8, 4) is 17.0 Å². The summed E-state index contributed by atoms with van der Waals surface area (Å²) in [5.74, 6) is -1.46. The highest BCUT2D eigenvalue weighted by atomic mass is 32.1. The van der Waals surface area contributed by atoms with Crippen LogP contribution < -0.4 is 10.1 Å². The number of nitrogens with zero attached hydrogens (tertiary/aromatic N) is 2. The fraction of sp³-hybridized carbons (Fsp3) is 0.333. The Bertz CT molecular complexity index is 701. The van der Waals surface area contributed by atoms with E-state index in [1.54, 1.807) is 35.0 Å². The molecular formula is C15H16F3N3O2S. The van der Waals surface area contributed by atoms with Gasteiger partial charge in [-0.25, -0.2) is 4.98 Å². The molecule has 1 aromatic carbocycles. The van der Waals surface area contributed by atoms with Gasteiger partial charge in [0, 0.05) is 17.5 Å². The van der Waals surface area contributed by atoms with Gasteiger partial charge in [-0.1, -0.05) is 12.1 Å². The molecule has 1 aromatic heterocycles. The van der Waals surface area contributed by atoms with E-state index in [9.17, 15) is 18.0 Å². The van der Waals surface area contributed by atoms with Gasteiger partial charge in [0.25, 0.3) is 0 Å². The van der Waals surface area contributed by atoms with Crippen molar-refractivity contribution < 1.29 is 22.7 Å². The quantitative estimate of drug-likeness (QED) is 0.860. The average Bonchev–Trinajstić information content (AvgIpc) is 2.95. The monoisotopic (exact) mass is 359 g/mol. The molecule has 0 saturated heterocycles. The summed E-state index contributed by atoms with van der Waals surface area (Å²) in [5, 5.41) is 3.20. The van der Waals surface area contributed by atoms with Gasteiger partial charge >= 0.3 is 12.1 Å². The number of ether oxygens (including phenoxy) is 1. The van der Waals surface area contributed by atoms with E-state index < -0.39 is 12.1 Å². The first-order valence-corrected chi connectivity index (χ1v) is 7.86. The summed E-state index contributed by atoms with van der Waals surface area (Å²) in [7, 11) is 3.84. The number of amides is 1. The maximum absolute atomic E-state index is 12.3. The normalized spacial score (nSPS) is 11.6. The SMILES string of the molecule is CN(C)CCOc1ccccc1-c1csc(NC(=O)C(F)(F)F)n1. The number of nitrogens with one attached hydrogen (secondary N) is 1. The summed E-state index contributed by atoms with van der Waals surface area (Å²) in [6, 6.07) is 7.10. The molecular weight excluding hydrogens is 343 g/mol. The number of alkyl halides is 3. The van der Waals surface area contributed by atoms with Crippen LogP contribution in [0.1, 0.15) is 0 Å². The van der Waals surface area contributed by atoms with Crippen LogP contribution in [0.4, 0.5) is 18.3 Å². The predicted octanol–water partition coefficient (Wildman–Crippen LogP) is 3.25. The Morgan fingerprint density at radius 1 is 1.33 bits per heavy atom. The van der Waals surface area contributed by atoms with Crippen LogP contribution in [0.3, 0.4) is 0 Å². The van der Waals surface area contributed by atoms with Crippen molar-refractivity contribution in [2.75, 3.05) is 32.6 Å². The highest BCUT2D eigenvalue weighted by Gasteiger charge is 2.39. The topological polar surface area (TPSA) is 54.5 Å². The minimum atomic E-state index is -4.95. The van der Waals surface area contributed by atoms with Gasteiger partial charge in [0.2, 0.25) is 0 Å². The smallest absolute Gasteiger partial charge is 0.471 e. The number of rotatable bonds is 6. The number of para-hydroxylation sites is 1. The van der Waals surface area contributed by atoms with E-state index >= 15 is 0 Å². The summed E-state index contributed by atoms with van der Waals surface area (Å²) in [6.07, 6.45) is -4.95. The van der Waals surface area contributed by atoms with Crippen molar-refractivity contribution in [3.63, 3.8) is 0 Å². The Morgan fingerprint density at radius 2 is 2.04 bits per heavy atom. The highest BCUT2D eigenvalue weighted by Crippen LogP contribution is 2.32. The molecule has 1 amide bonds. The Kier molecular flexibility index (Phi) is 5.79. The molecule has 2 rings (SSSR count). The molecule has 0 aliphatic heterocycles. The molecule has 24 heavy (non-hydrogen) atoms. The zero-order valence-electron chi connectivity index (χ0n) is 13.1. The Hall–Kier alpha value is -2.13. The second-order valence-corrected chi connectivity index (χ2v) is 6.00. The maximum atomic E-state index is 12.3. The minimum Gasteiger partial charge on any atom is -0.492 e. The first-order chi connectivity index (χ1) is 11.3. The molecule has 1 heterocycles. The van der Waals surface area contributed by atoms with Gasteiger partial charge in [-0.2, -0.15) is 13.2 Å². The van der Waals surface area contributed by atoms with Crippen LogP contribution in [-0.2, 0) is 4.79 Å². The lowest BCUT2D eigenvalue weighted by atomic mass is 10.1. The largest absolute Gasteiger partial charge is 0.492 e. The van der Waals surface area contributed by atoms with Gasteiger partial charge in [0.1, 0.15) is 12.4 Å². The maximum Gasteiger partial charge on any atom is 0.471 e. The molecule has 0 unspecified atom stereocenters. The van der Waals surface area contributed by atoms with Gasteiger partial charge in [0.05, 0.1) is 5.69 Å². The fourth-order valence-electron chi connectivity index (χ4n) is 1.77. The molecule has 9 heteroatoms. The zero-order valence-corrected chi connectivity index (χ0v) is 13.9. The van der Waals surface area contributed by atoms with Crippen LogP contribution in [0.25, 0.3) is 11.3 Å². The van der Waals surface area contributed by atoms with Gasteiger partial charge in [-0.05, 0) is 26.2 Å². The summed E-state index contributed by atoms with van der Waals surface area (Å²) < 4.78 is 42.5. The van der Waals surface area contributed by atoms with E-state index in [-0.39, 0.29) is 5.13 Å². The van der Waals surface area contributed by atoms with Crippen LogP contribution in [0.15, 0.2) is 29.6 Å². The third-order valence-corrected chi connectivity index (χ3v) is 3.70. The molecule has 2 aromatic rings. The van der Waals surface area contributed by atoms with Crippen molar-refractivity contribution in [2.45, 2.75) is 6.18 Å². The number of aromatic nitrogens is 1. The molecule has 0 fully saturated rings. The number of hydrogen-bond acceptors (Lipinski definition) is 5. The summed E-state index contributed by atoms with van der Waals surface area (Å²) in [4.78, 5) is 17.0. The van der Waals surface area contributed by atoms with Gasteiger partial charge < -0.3 is 9.64 Å². The Balaban J connectivity index is 2.13. The number of carbonyl (C=O) groups is 1. The average molecular weight is 359 g/mol. The first-order valence-electron chi connectivity index (χ1n) is 6.98. The number of anilines is 1. The number of carbonyl (C=O) groups excluding carboxylic acids is 1. The number of benzene rings is 1. The van der Waals surface area contributed by atoms with Crippen LogP contribution in [0, 0.1) is 0 Å². The minimum absolute atomic E-state index is 0.115. The number of thiazole rings is 1. The predicted molar refractivity (Wildman–Crippen MR) is 86.3 cm³/mol. The van der Waals surface area contributed by atoms with Crippen LogP contribution >= 0.6 is 11.3 Å². The summed E-state index contributed by atoms with van der Waals surface area (Å²) >= 11 is 0.919. The van der Waals surface area contributed by atoms with Crippen molar-refractivity contribution in [2.24, 2.45) is 0 Å². The Labute approximate surface area is 141 Å². The standard InChI is InChI=1S/C15H16F3N3O2S/c1-21(2)7-8-23-12-6-4-3-5-10(12)11-9-24-14(19-11)20-13(22)15(16,17)18/h3-6,9H,7-8H2,1-2H3,(H,19,20,22). The number of likely N-dealkylation sites (N-methyl/N-ethyl adjacent to an activating group) is 1. The molecule has 0 aliphatic rings. The number of hydrogen-bond donors (Lipinski definition) is 1. The highest BCUT2D eigenvalue weighted by molar-refractivity contribution is 7.14. The third kappa shape index (κ3) is 4.93. The first kappa shape index (κ1) is 18.2. The van der Waals surface area contributed by atoms with Crippen molar-refractivity contribution in [1.82, 2.24) is 9.88 Å². The van der Waals surface area contributed by atoms with Crippen LogP contribution in [0.5, 0.6) is 5.75 Å². The lowest BCUT2D eigenvalue weighted by molar-refractivity contribution is -0.167. The van der Waals surface area contributed by atoms with Gasteiger partial charge in [-0.15, -0.1) is 11.3 Å². The summed E-state index contributed by atoms with van der Waals surface area (Å²) in [5.41, 5.74) is 1.10. The molecule has 130 valence electrons. The van der Waals surface area contributed by atoms with E-state index in [0.29, 0.717) is 23.6 Å². The lowest BCUT2D eigenvalue weighted by Crippen LogP contribution is -2.29. The van der Waals surface area contributed by atoms with Gasteiger partial charge in [-0.3, -0.25) is 10.1 Å². The molecule has 0 radical (unpaired) electrons. The van der Waals surface area contributed by atoms with E-state index in [4.69, 9.17) is 4.74 Å². The van der Waals surface area contributed by atoms with Crippen molar-refractivity contribution >= 4 is 22.4 Å². The Morgan fingerprint density at radius 3 is 2.71 bits per heavy atom. The number of halogens is 3. The molecule has 0 aliphatic carbocycles. The molecule has 1 N–H and O–H groups in total. The third-order valence-electron chi connectivity index (χ3n) is 2.94. The molecule has 5 nitrogen and oxygen atoms in total. The van der Waals surface area contributed by atoms with Crippen molar-refractivity contribution in [3.05, 3.63) is 29.6 Å². The van der Waals surface area contributed by atoms with Gasteiger partial charge in [0.15, 0.2) is 5.13 Å². The van der Waals surface area contributed by atoms with Crippen molar-refractivity contribution in [1.29, 1.82) is 0 Å². The van der Waals surface area contributed by atoms with E-state index in [1.807, 2.05) is 19.0 Å². The van der Waals surface area contributed by atoms with Crippen LogP contribution in [-0.4, -0.2) is 49.2 Å². The second kappa shape index (κ2) is 7.63.